The molecule has 1 N–H and O–H groups in total. The fraction of sp³-hybridized carbons (Fsp3) is 0.462. The predicted molar refractivity (Wildman–Crippen MR) is 68.7 cm³/mol. The first-order valence-electron chi connectivity index (χ1n) is 6.35. The molecule has 1 aromatic carbocycles. The third-order valence-electron chi connectivity index (χ3n) is 3.21. The Labute approximate surface area is 115 Å². The normalized spacial score (nSPS) is 14.5. The SMILES string of the molecule is O=C(O)CCN(Cc1cc(F)cc([N+](=O)[O-])c1)C1CC1. The maximum Gasteiger partial charge on any atom is 0.304 e. The largest absolute Gasteiger partial charge is 0.481 e. The molecular weight excluding hydrogens is 267 g/mol. The molecule has 1 aliphatic rings. The average Bonchev–Trinajstić information content (AvgIpc) is 3.17. The van der Waals surface area contributed by atoms with E-state index in [9.17, 15) is 19.3 Å². The molecule has 1 aliphatic carbocycles. The maximum absolute atomic E-state index is 13.4. The maximum atomic E-state index is 13.4. The second-order valence-electron chi connectivity index (χ2n) is 4.92. The van der Waals surface area contributed by atoms with Gasteiger partial charge in [0.15, 0.2) is 0 Å². The van der Waals surface area contributed by atoms with Gasteiger partial charge in [0.2, 0.25) is 0 Å². The molecule has 0 amide bonds. The number of halogens is 1. The number of benzene rings is 1. The summed E-state index contributed by atoms with van der Waals surface area (Å²) in [7, 11) is 0. The Morgan fingerprint density at radius 2 is 2.15 bits per heavy atom. The summed E-state index contributed by atoms with van der Waals surface area (Å²) < 4.78 is 13.4. The fourth-order valence-corrected chi connectivity index (χ4v) is 2.13. The van der Waals surface area contributed by atoms with Gasteiger partial charge in [0.25, 0.3) is 5.69 Å². The van der Waals surface area contributed by atoms with Gasteiger partial charge in [0.05, 0.1) is 17.4 Å². The van der Waals surface area contributed by atoms with Crippen LogP contribution in [0.15, 0.2) is 18.2 Å². The van der Waals surface area contributed by atoms with Crippen molar-refractivity contribution in [2.75, 3.05) is 6.54 Å². The van der Waals surface area contributed by atoms with Crippen LogP contribution in [0.2, 0.25) is 0 Å². The highest BCUT2D eigenvalue weighted by Crippen LogP contribution is 2.29. The molecular formula is C13H15FN2O4. The average molecular weight is 282 g/mol. The Bertz CT molecular complexity index is 531. The van der Waals surface area contributed by atoms with Crippen LogP contribution >= 0.6 is 0 Å². The molecule has 7 heteroatoms. The van der Waals surface area contributed by atoms with Crippen LogP contribution in [0.3, 0.4) is 0 Å². The van der Waals surface area contributed by atoms with Gasteiger partial charge in [-0.05, 0) is 24.5 Å². The molecule has 0 unspecified atom stereocenters. The summed E-state index contributed by atoms with van der Waals surface area (Å²) in [6.07, 6.45) is 1.97. The van der Waals surface area contributed by atoms with Gasteiger partial charge >= 0.3 is 5.97 Å². The van der Waals surface area contributed by atoms with Crippen LogP contribution in [0, 0.1) is 15.9 Å². The van der Waals surface area contributed by atoms with E-state index in [0.29, 0.717) is 24.7 Å². The number of hydrogen-bond acceptors (Lipinski definition) is 4. The second kappa shape index (κ2) is 5.96. The summed E-state index contributed by atoms with van der Waals surface area (Å²) in [5, 5.41) is 19.4. The molecule has 1 saturated carbocycles. The number of rotatable bonds is 7. The predicted octanol–water partition coefficient (Wildman–Crippen LogP) is 2.17. The summed E-state index contributed by atoms with van der Waals surface area (Å²) in [4.78, 5) is 22.6. The zero-order valence-corrected chi connectivity index (χ0v) is 10.8. The van der Waals surface area contributed by atoms with Crippen molar-refractivity contribution in [3.05, 3.63) is 39.7 Å². The summed E-state index contributed by atoms with van der Waals surface area (Å²) in [6.45, 7) is 0.695. The number of nitrogens with zero attached hydrogens (tertiary/aromatic N) is 2. The highest BCUT2D eigenvalue weighted by molar-refractivity contribution is 5.66. The number of nitro groups is 1. The minimum absolute atomic E-state index is 0.00785. The van der Waals surface area contributed by atoms with E-state index in [1.165, 1.54) is 12.1 Å². The van der Waals surface area contributed by atoms with Crippen molar-refractivity contribution in [1.82, 2.24) is 4.90 Å². The van der Waals surface area contributed by atoms with Gasteiger partial charge in [-0.15, -0.1) is 0 Å². The molecule has 0 radical (unpaired) electrons. The lowest BCUT2D eigenvalue weighted by Crippen LogP contribution is -2.28. The first kappa shape index (κ1) is 14.4. The third kappa shape index (κ3) is 3.99. The molecule has 2 rings (SSSR count). The molecule has 6 nitrogen and oxygen atoms in total. The van der Waals surface area contributed by atoms with Crippen LogP contribution in [0.4, 0.5) is 10.1 Å². The van der Waals surface area contributed by atoms with Gasteiger partial charge in [-0.1, -0.05) is 0 Å². The van der Waals surface area contributed by atoms with Crippen LogP contribution in [-0.2, 0) is 11.3 Å². The van der Waals surface area contributed by atoms with Crippen molar-refractivity contribution in [3.63, 3.8) is 0 Å². The Balaban J connectivity index is 2.09. The van der Waals surface area contributed by atoms with Crippen molar-refractivity contribution in [3.8, 4) is 0 Å². The van der Waals surface area contributed by atoms with Crippen LogP contribution < -0.4 is 0 Å². The van der Waals surface area contributed by atoms with Crippen molar-refractivity contribution in [2.24, 2.45) is 0 Å². The minimum atomic E-state index is -0.888. The van der Waals surface area contributed by atoms with Gasteiger partial charge in [-0.25, -0.2) is 4.39 Å². The lowest BCUT2D eigenvalue weighted by atomic mass is 10.1. The number of nitro benzene ring substituents is 1. The molecule has 20 heavy (non-hydrogen) atoms. The minimum Gasteiger partial charge on any atom is -0.481 e. The molecule has 0 spiro atoms. The quantitative estimate of drug-likeness (QED) is 0.612. The van der Waals surface area contributed by atoms with Crippen LogP contribution in [0.5, 0.6) is 0 Å². The zero-order chi connectivity index (χ0) is 14.7. The molecule has 108 valence electrons. The second-order valence-corrected chi connectivity index (χ2v) is 4.92. The third-order valence-corrected chi connectivity index (χ3v) is 3.21. The number of carbonyl (C=O) groups is 1. The molecule has 0 aromatic heterocycles. The number of carboxylic acids is 1. The first-order valence-corrected chi connectivity index (χ1v) is 6.35. The van der Waals surface area contributed by atoms with Crippen LogP contribution in [0.25, 0.3) is 0 Å². The van der Waals surface area contributed by atoms with E-state index in [2.05, 4.69) is 0 Å². The van der Waals surface area contributed by atoms with E-state index < -0.39 is 16.7 Å². The topological polar surface area (TPSA) is 83.7 Å². The molecule has 0 aliphatic heterocycles. The Morgan fingerprint density at radius 3 is 2.70 bits per heavy atom. The van der Waals surface area contributed by atoms with E-state index in [4.69, 9.17) is 5.11 Å². The lowest BCUT2D eigenvalue weighted by Gasteiger charge is -2.21. The van der Waals surface area contributed by atoms with E-state index in [0.717, 1.165) is 18.9 Å². The van der Waals surface area contributed by atoms with Crippen molar-refractivity contribution >= 4 is 11.7 Å². The van der Waals surface area contributed by atoms with E-state index in [-0.39, 0.29) is 12.1 Å². The monoisotopic (exact) mass is 282 g/mol. The molecule has 0 atom stereocenters. The van der Waals surface area contributed by atoms with Gasteiger partial charge in [-0.2, -0.15) is 0 Å². The summed E-state index contributed by atoms with van der Waals surface area (Å²) in [6, 6.07) is 3.77. The van der Waals surface area contributed by atoms with E-state index in [1.54, 1.807) is 0 Å². The first-order chi connectivity index (χ1) is 9.45. The standard InChI is InChI=1S/C13H15FN2O4/c14-10-5-9(6-12(7-10)16(19)20)8-15(11-1-2-11)4-3-13(17)18/h5-7,11H,1-4,8H2,(H,17,18). The molecule has 0 saturated heterocycles. The highest BCUT2D eigenvalue weighted by atomic mass is 19.1. The summed E-state index contributed by atoms with van der Waals surface area (Å²) >= 11 is 0. The van der Waals surface area contributed by atoms with Gasteiger partial charge in [-0.3, -0.25) is 19.8 Å². The molecule has 0 bridgehead atoms. The van der Waals surface area contributed by atoms with Crippen LogP contribution in [-0.4, -0.2) is 33.5 Å². The summed E-state index contributed by atoms with van der Waals surface area (Å²) in [5.41, 5.74) is 0.211. The number of non-ortho nitro benzene ring substituents is 1. The lowest BCUT2D eigenvalue weighted by molar-refractivity contribution is -0.385. The smallest absolute Gasteiger partial charge is 0.304 e. The zero-order valence-electron chi connectivity index (χ0n) is 10.8. The molecule has 0 heterocycles. The van der Waals surface area contributed by atoms with Gasteiger partial charge in [0.1, 0.15) is 5.82 Å². The Kier molecular flexibility index (Phi) is 4.29. The van der Waals surface area contributed by atoms with Gasteiger partial charge < -0.3 is 5.11 Å². The fourth-order valence-electron chi connectivity index (χ4n) is 2.13. The number of carboxylic acid groups (broad SMARTS) is 1. The van der Waals surface area contributed by atoms with E-state index >= 15 is 0 Å². The van der Waals surface area contributed by atoms with Crippen molar-refractivity contribution in [2.45, 2.75) is 31.8 Å². The van der Waals surface area contributed by atoms with E-state index in [1.807, 2.05) is 4.90 Å². The van der Waals surface area contributed by atoms with Gasteiger partial charge in [0, 0.05) is 25.2 Å². The van der Waals surface area contributed by atoms with Crippen molar-refractivity contribution in [1.29, 1.82) is 0 Å². The molecule has 1 fully saturated rings. The Hall–Kier alpha value is -2.02. The number of hydrogen-bond donors (Lipinski definition) is 1. The Morgan fingerprint density at radius 1 is 1.45 bits per heavy atom. The highest BCUT2D eigenvalue weighted by Gasteiger charge is 2.29. The number of aliphatic carboxylic acids is 1. The van der Waals surface area contributed by atoms with Crippen LogP contribution in [0.1, 0.15) is 24.8 Å². The summed E-state index contributed by atoms with van der Waals surface area (Å²) in [5.74, 6) is -1.54. The van der Waals surface area contributed by atoms with Crippen molar-refractivity contribution < 1.29 is 19.2 Å². The molecule has 1 aromatic rings.